The molecule has 0 aliphatic rings. The number of hydrogen-bond donors (Lipinski definition) is 1. The molecule has 0 spiro atoms. The maximum atomic E-state index is 12.1. The zero-order valence-corrected chi connectivity index (χ0v) is 10.5. The van der Waals surface area contributed by atoms with Crippen molar-refractivity contribution in [2.45, 2.75) is 11.3 Å². The van der Waals surface area contributed by atoms with E-state index >= 15 is 0 Å². The van der Waals surface area contributed by atoms with Crippen molar-refractivity contribution in [1.29, 1.82) is 0 Å². The smallest absolute Gasteiger partial charge is 0.252 e. The molecule has 0 aromatic heterocycles. The molecule has 17 heavy (non-hydrogen) atoms. The van der Waals surface area contributed by atoms with Crippen molar-refractivity contribution in [3.05, 3.63) is 23.2 Å². The summed E-state index contributed by atoms with van der Waals surface area (Å²) in [5.74, 6) is 0. The van der Waals surface area contributed by atoms with Gasteiger partial charge in [-0.25, -0.2) is 17.2 Å². The molecule has 1 aromatic carbocycles. The van der Waals surface area contributed by atoms with E-state index in [1.54, 1.807) is 0 Å². The van der Waals surface area contributed by atoms with Crippen LogP contribution in [0.3, 0.4) is 0 Å². The van der Waals surface area contributed by atoms with Gasteiger partial charge < -0.3 is 5.73 Å². The predicted molar refractivity (Wildman–Crippen MR) is 61.7 cm³/mol. The van der Waals surface area contributed by atoms with Gasteiger partial charge in [0.05, 0.1) is 22.2 Å². The van der Waals surface area contributed by atoms with E-state index in [4.69, 9.17) is 17.3 Å². The first-order valence-corrected chi connectivity index (χ1v) is 6.36. The van der Waals surface area contributed by atoms with E-state index < -0.39 is 23.0 Å². The normalized spacial score (nSPS) is 12.4. The minimum absolute atomic E-state index is 0.0662. The average Bonchev–Trinajstić information content (AvgIpc) is 2.20. The Balaban J connectivity index is 3.09. The average molecular weight is 285 g/mol. The van der Waals surface area contributed by atoms with Crippen molar-refractivity contribution < 1.29 is 17.2 Å². The lowest BCUT2D eigenvalue weighted by atomic mass is 10.3. The van der Waals surface area contributed by atoms with Gasteiger partial charge in [-0.1, -0.05) is 11.6 Å². The highest BCUT2D eigenvalue weighted by atomic mass is 35.5. The molecule has 0 fully saturated rings. The van der Waals surface area contributed by atoms with Crippen LogP contribution in [0.5, 0.6) is 0 Å². The maximum Gasteiger partial charge on any atom is 0.252 e. The van der Waals surface area contributed by atoms with E-state index in [0.717, 1.165) is 13.1 Å². The molecule has 0 aliphatic heterocycles. The van der Waals surface area contributed by atoms with Gasteiger partial charge in [0.15, 0.2) is 0 Å². The number of nitrogen functional groups attached to an aromatic ring is 1. The molecule has 0 aliphatic carbocycles. The third-order valence-electron chi connectivity index (χ3n) is 2.08. The number of halogens is 3. The molecule has 0 bridgehead atoms. The monoisotopic (exact) mass is 284 g/mol. The molecule has 0 saturated heterocycles. The number of rotatable bonds is 4. The van der Waals surface area contributed by atoms with Crippen molar-refractivity contribution in [1.82, 2.24) is 4.31 Å². The van der Waals surface area contributed by atoms with Crippen LogP contribution in [0.4, 0.5) is 14.5 Å². The summed E-state index contributed by atoms with van der Waals surface area (Å²) in [6, 6.07) is 3.66. The Bertz CT molecular complexity index is 508. The van der Waals surface area contributed by atoms with E-state index in [9.17, 15) is 17.2 Å². The molecule has 0 heterocycles. The number of nitrogens with zero attached hydrogens (tertiary/aromatic N) is 1. The standard InChI is InChI=1S/C9H11ClF2N2O2S/c1-14(5-9(11)12)17(15,16)6-2-3-8(13)7(10)4-6/h2-4,9H,5,13H2,1H3. The van der Waals surface area contributed by atoms with Crippen molar-refractivity contribution >= 4 is 27.3 Å². The third kappa shape index (κ3) is 3.27. The highest BCUT2D eigenvalue weighted by molar-refractivity contribution is 7.89. The van der Waals surface area contributed by atoms with Crippen molar-refractivity contribution in [3.8, 4) is 0 Å². The Morgan fingerprint density at radius 1 is 1.47 bits per heavy atom. The summed E-state index contributed by atoms with van der Waals surface area (Å²) in [5.41, 5.74) is 5.65. The fourth-order valence-corrected chi connectivity index (χ4v) is 2.56. The molecular weight excluding hydrogens is 274 g/mol. The fraction of sp³-hybridized carbons (Fsp3) is 0.333. The van der Waals surface area contributed by atoms with Crippen LogP contribution in [0.1, 0.15) is 0 Å². The van der Waals surface area contributed by atoms with Crippen molar-refractivity contribution in [2.24, 2.45) is 0 Å². The van der Waals surface area contributed by atoms with E-state index in [2.05, 4.69) is 0 Å². The molecule has 0 amide bonds. The number of nitrogens with two attached hydrogens (primary N) is 1. The van der Waals surface area contributed by atoms with Crippen LogP contribution in [0.15, 0.2) is 23.1 Å². The number of hydrogen-bond acceptors (Lipinski definition) is 3. The van der Waals surface area contributed by atoms with Gasteiger partial charge in [-0.05, 0) is 18.2 Å². The number of anilines is 1. The van der Waals surface area contributed by atoms with Crippen LogP contribution in [0.2, 0.25) is 5.02 Å². The molecule has 8 heteroatoms. The molecule has 2 N–H and O–H groups in total. The molecule has 4 nitrogen and oxygen atoms in total. The van der Waals surface area contributed by atoms with Gasteiger partial charge in [-0.2, -0.15) is 4.31 Å². The number of benzene rings is 1. The van der Waals surface area contributed by atoms with Crippen LogP contribution in [-0.4, -0.2) is 32.7 Å². The van der Waals surface area contributed by atoms with Crippen LogP contribution >= 0.6 is 11.6 Å². The summed E-state index contributed by atoms with van der Waals surface area (Å²) in [4.78, 5) is -0.167. The second-order valence-corrected chi connectivity index (χ2v) is 5.81. The van der Waals surface area contributed by atoms with Crippen LogP contribution in [0, 0.1) is 0 Å². The summed E-state index contributed by atoms with van der Waals surface area (Å²) in [6.07, 6.45) is -2.74. The van der Waals surface area contributed by atoms with E-state index in [1.807, 2.05) is 0 Å². The van der Waals surface area contributed by atoms with E-state index in [1.165, 1.54) is 12.1 Å². The summed E-state index contributed by atoms with van der Waals surface area (Å²) in [7, 11) is -2.88. The van der Waals surface area contributed by atoms with Crippen LogP contribution in [-0.2, 0) is 10.0 Å². The van der Waals surface area contributed by atoms with E-state index in [0.29, 0.717) is 4.31 Å². The molecule has 0 radical (unpaired) electrons. The zero-order chi connectivity index (χ0) is 13.2. The summed E-state index contributed by atoms with van der Waals surface area (Å²) < 4.78 is 48.5. The van der Waals surface area contributed by atoms with Crippen LogP contribution in [0.25, 0.3) is 0 Å². The molecule has 0 saturated carbocycles. The summed E-state index contributed by atoms with van der Waals surface area (Å²) in [5, 5.41) is 0.0662. The predicted octanol–water partition coefficient (Wildman–Crippen LogP) is 1.81. The second kappa shape index (κ2) is 5.16. The Kier molecular flexibility index (Phi) is 4.29. The van der Waals surface area contributed by atoms with E-state index in [-0.39, 0.29) is 15.6 Å². The van der Waals surface area contributed by atoms with Gasteiger partial charge >= 0.3 is 0 Å². The van der Waals surface area contributed by atoms with Crippen molar-refractivity contribution in [2.75, 3.05) is 19.3 Å². The zero-order valence-electron chi connectivity index (χ0n) is 8.90. The Morgan fingerprint density at radius 3 is 2.53 bits per heavy atom. The van der Waals surface area contributed by atoms with Gasteiger partial charge in [0.2, 0.25) is 10.0 Å². The fourth-order valence-electron chi connectivity index (χ4n) is 1.14. The quantitative estimate of drug-likeness (QED) is 0.858. The molecule has 1 aromatic rings. The SMILES string of the molecule is CN(CC(F)F)S(=O)(=O)c1ccc(N)c(Cl)c1. The minimum Gasteiger partial charge on any atom is -0.398 e. The summed E-state index contributed by atoms with van der Waals surface area (Å²) >= 11 is 5.67. The minimum atomic E-state index is -3.96. The Hall–Kier alpha value is -0.920. The first-order valence-electron chi connectivity index (χ1n) is 4.54. The largest absolute Gasteiger partial charge is 0.398 e. The van der Waals surface area contributed by atoms with Gasteiger partial charge in [0.25, 0.3) is 6.43 Å². The number of alkyl halides is 2. The Morgan fingerprint density at radius 2 is 2.06 bits per heavy atom. The second-order valence-electron chi connectivity index (χ2n) is 3.36. The highest BCUT2D eigenvalue weighted by Crippen LogP contribution is 2.24. The molecule has 96 valence electrons. The van der Waals surface area contributed by atoms with Gasteiger partial charge in [-0.3, -0.25) is 0 Å². The molecular formula is C9H11ClF2N2O2S. The topological polar surface area (TPSA) is 63.4 Å². The van der Waals surface area contributed by atoms with Crippen molar-refractivity contribution in [3.63, 3.8) is 0 Å². The lowest BCUT2D eigenvalue weighted by molar-refractivity contribution is 0.126. The number of sulfonamides is 1. The molecule has 0 unspecified atom stereocenters. The first kappa shape index (κ1) is 14.1. The molecule has 0 atom stereocenters. The van der Waals surface area contributed by atoms with Gasteiger partial charge in [0, 0.05) is 7.05 Å². The Labute approximate surface area is 103 Å². The van der Waals surface area contributed by atoms with Gasteiger partial charge in [-0.15, -0.1) is 0 Å². The lowest BCUT2D eigenvalue weighted by Gasteiger charge is -2.16. The maximum absolute atomic E-state index is 12.1. The van der Waals surface area contributed by atoms with Gasteiger partial charge in [0.1, 0.15) is 0 Å². The van der Waals surface area contributed by atoms with Crippen LogP contribution < -0.4 is 5.73 Å². The summed E-state index contributed by atoms with van der Waals surface area (Å²) in [6.45, 7) is -0.871. The third-order valence-corrected chi connectivity index (χ3v) is 4.22. The highest BCUT2D eigenvalue weighted by Gasteiger charge is 2.24. The lowest BCUT2D eigenvalue weighted by Crippen LogP contribution is -2.31. The first-order chi connectivity index (χ1) is 7.75. The molecule has 1 rings (SSSR count).